The molecule has 0 atom stereocenters. The maximum absolute atomic E-state index is 2.64. The second kappa shape index (κ2) is 4.66. The average Bonchev–Trinajstić information content (AvgIpc) is 2.15. The Bertz CT molecular complexity index is 221. The minimum Gasteiger partial charge on any atom is -0.286 e. The van der Waals surface area contributed by atoms with Crippen LogP contribution in [0.25, 0.3) is 0 Å². The second-order valence-electron chi connectivity index (χ2n) is 6.85. The maximum atomic E-state index is 2.64. The van der Waals surface area contributed by atoms with Gasteiger partial charge in [-0.25, -0.2) is 0 Å². The molecule has 1 aliphatic heterocycles. The van der Waals surface area contributed by atoms with Crippen molar-refractivity contribution in [2.45, 2.75) is 66.1 Å². The number of likely N-dealkylation sites (tertiary alicyclic amines) is 1. The summed E-state index contributed by atoms with van der Waals surface area (Å²) in [4.78, 5) is 5.11. The summed E-state index contributed by atoms with van der Waals surface area (Å²) in [6.07, 6.45) is 2.64. The lowest BCUT2D eigenvalue weighted by Gasteiger charge is -2.50. The summed E-state index contributed by atoms with van der Waals surface area (Å²) in [7, 11) is 2.24. The summed E-state index contributed by atoms with van der Waals surface area (Å²) in [6, 6.07) is 0.602. The Morgan fingerprint density at radius 2 is 1.56 bits per heavy atom. The molecule has 0 bridgehead atoms. The first-order valence-electron chi connectivity index (χ1n) is 6.65. The molecule has 1 rings (SSSR count). The summed E-state index contributed by atoms with van der Waals surface area (Å²) in [5, 5.41) is 0. The largest absolute Gasteiger partial charge is 0.286 e. The van der Waals surface area contributed by atoms with E-state index in [-0.39, 0.29) is 5.66 Å². The van der Waals surface area contributed by atoms with Crippen molar-refractivity contribution in [3.63, 3.8) is 0 Å². The first-order chi connectivity index (χ1) is 7.17. The minimum atomic E-state index is 0.185. The van der Waals surface area contributed by atoms with E-state index in [1.807, 2.05) is 0 Å². The van der Waals surface area contributed by atoms with Gasteiger partial charge in [-0.1, -0.05) is 13.8 Å². The standard InChI is InChI=1S/C14H30N2/c1-12(2)15(7)14(5,6)16-10-8-13(3,4)9-11-16/h12H,8-11H2,1-7H3. The lowest BCUT2D eigenvalue weighted by molar-refractivity contribution is -0.0592. The maximum Gasteiger partial charge on any atom is 0.0679 e. The zero-order valence-electron chi connectivity index (χ0n) is 12.3. The molecule has 96 valence electrons. The normalized spacial score (nSPS) is 23.1. The third kappa shape index (κ3) is 2.98. The lowest BCUT2D eigenvalue weighted by Crippen LogP contribution is -2.59. The molecule has 0 unspecified atom stereocenters. The first kappa shape index (κ1) is 14.0. The Morgan fingerprint density at radius 3 is 1.94 bits per heavy atom. The van der Waals surface area contributed by atoms with Crippen LogP contribution in [0.3, 0.4) is 0 Å². The molecular formula is C14H30N2. The van der Waals surface area contributed by atoms with Gasteiger partial charge in [-0.05, 0) is 53.0 Å². The van der Waals surface area contributed by atoms with Crippen molar-refractivity contribution >= 4 is 0 Å². The van der Waals surface area contributed by atoms with Crippen LogP contribution in [-0.4, -0.2) is 41.6 Å². The van der Waals surface area contributed by atoms with Crippen molar-refractivity contribution in [2.24, 2.45) is 5.41 Å². The van der Waals surface area contributed by atoms with Gasteiger partial charge in [0.2, 0.25) is 0 Å². The van der Waals surface area contributed by atoms with Crippen LogP contribution in [0, 0.1) is 5.41 Å². The number of rotatable bonds is 3. The van der Waals surface area contributed by atoms with Crippen molar-refractivity contribution in [1.29, 1.82) is 0 Å². The lowest BCUT2D eigenvalue weighted by atomic mass is 9.82. The predicted molar refractivity (Wildman–Crippen MR) is 71.6 cm³/mol. The molecule has 0 aromatic heterocycles. The molecule has 1 fully saturated rings. The third-order valence-electron chi connectivity index (χ3n) is 4.53. The molecule has 0 aromatic rings. The Labute approximate surface area is 102 Å². The van der Waals surface area contributed by atoms with Gasteiger partial charge in [0.05, 0.1) is 5.66 Å². The van der Waals surface area contributed by atoms with Crippen molar-refractivity contribution in [3.8, 4) is 0 Å². The SMILES string of the molecule is CC(C)N(C)C(C)(C)N1CCC(C)(C)CC1. The van der Waals surface area contributed by atoms with Crippen LogP contribution < -0.4 is 0 Å². The van der Waals surface area contributed by atoms with Crippen LogP contribution in [0.1, 0.15) is 54.4 Å². The molecule has 0 spiro atoms. The van der Waals surface area contributed by atoms with Crippen LogP contribution >= 0.6 is 0 Å². The highest BCUT2D eigenvalue weighted by molar-refractivity contribution is 4.88. The highest BCUT2D eigenvalue weighted by Gasteiger charge is 2.36. The topological polar surface area (TPSA) is 6.48 Å². The quantitative estimate of drug-likeness (QED) is 0.729. The Kier molecular flexibility index (Phi) is 4.07. The zero-order chi connectivity index (χ0) is 12.6. The number of hydrogen-bond donors (Lipinski definition) is 0. The predicted octanol–water partition coefficient (Wildman–Crippen LogP) is 3.18. The summed E-state index contributed by atoms with van der Waals surface area (Å²) in [5.41, 5.74) is 0.730. The van der Waals surface area contributed by atoms with E-state index in [2.05, 4.69) is 58.4 Å². The average molecular weight is 226 g/mol. The van der Waals surface area contributed by atoms with Gasteiger partial charge in [0.1, 0.15) is 0 Å². The van der Waals surface area contributed by atoms with E-state index >= 15 is 0 Å². The summed E-state index contributed by atoms with van der Waals surface area (Å²) >= 11 is 0. The van der Waals surface area contributed by atoms with Gasteiger partial charge in [0.25, 0.3) is 0 Å². The van der Waals surface area contributed by atoms with Crippen molar-refractivity contribution in [2.75, 3.05) is 20.1 Å². The van der Waals surface area contributed by atoms with E-state index in [0.717, 1.165) is 0 Å². The van der Waals surface area contributed by atoms with Crippen LogP contribution in [-0.2, 0) is 0 Å². The van der Waals surface area contributed by atoms with Gasteiger partial charge in [0, 0.05) is 19.1 Å². The van der Waals surface area contributed by atoms with Gasteiger partial charge >= 0.3 is 0 Å². The van der Waals surface area contributed by atoms with Crippen LogP contribution in [0.15, 0.2) is 0 Å². The van der Waals surface area contributed by atoms with Gasteiger partial charge in [-0.2, -0.15) is 0 Å². The van der Waals surface area contributed by atoms with Gasteiger partial charge < -0.3 is 0 Å². The van der Waals surface area contributed by atoms with Crippen molar-refractivity contribution in [3.05, 3.63) is 0 Å². The van der Waals surface area contributed by atoms with Gasteiger partial charge in [-0.3, -0.25) is 9.80 Å². The first-order valence-corrected chi connectivity index (χ1v) is 6.65. The molecule has 0 N–H and O–H groups in total. The summed E-state index contributed by atoms with van der Waals surface area (Å²) < 4.78 is 0. The van der Waals surface area contributed by atoms with E-state index in [0.29, 0.717) is 11.5 Å². The molecule has 0 saturated carbocycles. The Hall–Kier alpha value is -0.0800. The Morgan fingerprint density at radius 1 is 1.12 bits per heavy atom. The fraction of sp³-hybridized carbons (Fsp3) is 1.00. The fourth-order valence-electron chi connectivity index (χ4n) is 2.51. The highest BCUT2D eigenvalue weighted by atomic mass is 15.4. The number of nitrogens with zero attached hydrogens (tertiary/aromatic N) is 2. The van der Waals surface area contributed by atoms with Gasteiger partial charge in [0.15, 0.2) is 0 Å². The molecular weight excluding hydrogens is 196 g/mol. The second-order valence-corrected chi connectivity index (χ2v) is 6.85. The molecule has 2 nitrogen and oxygen atoms in total. The molecule has 1 aliphatic rings. The van der Waals surface area contributed by atoms with E-state index < -0.39 is 0 Å². The summed E-state index contributed by atoms with van der Waals surface area (Å²) in [6.45, 7) is 16.5. The molecule has 2 heteroatoms. The van der Waals surface area contributed by atoms with Gasteiger partial charge in [-0.15, -0.1) is 0 Å². The van der Waals surface area contributed by atoms with Crippen molar-refractivity contribution < 1.29 is 0 Å². The molecule has 0 radical (unpaired) electrons. The monoisotopic (exact) mass is 226 g/mol. The van der Waals surface area contributed by atoms with E-state index in [1.54, 1.807) is 0 Å². The number of piperidine rings is 1. The molecule has 0 aromatic carbocycles. The highest BCUT2D eigenvalue weighted by Crippen LogP contribution is 2.33. The van der Waals surface area contributed by atoms with Crippen molar-refractivity contribution in [1.82, 2.24) is 9.80 Å². The van der Waals surface area contributed by atoms with Crippen LogP contribution in [0.2, 0.25) is 0 Å². The molecule has 1 heterocycles. The third-order valence-corrected chi connectivity index (χ3v) is 4.53. The molecule has 0 amide bonds. The zero-order valence-corrected chi connectivity index (χ0v) is 12.3. The molecule has 1 saturated heterocycles. The summed E-state index contributed by atoms with van der Waals surface area (Å²) in [5.74, 6) is 0. The molecule has 0 aliphatic carbocycles. The van der Waals surface area contributed by atoms with Crippen LogP contribution in [0.4, 0.5) is 0 Å². The molecule has 16 heavy (non-hydrogen) atoms. The smallest absolute Gasteiger partial charge is 0.0679 e. The van der Waals surface area contributed by atoms with E-state index in [4.69, 9.17) is 0 Å². The van der Waals surface area contributed by atoms with E-state index in [1.165, 1.54) is 25.9 Å². The number of hydrogen-bond acceptors (Lipinski definition) is 2. The Balaban J connectivity index is 2.64. The minimum absolute atomic E-state index is 0.185. The fourth-order valence-corrected chi connectivity index (χ4v) is 2.51. The van der Waals surface area contributed by atoms with Crippen LogP contribution in [0.5, 0.6) is 0 Å². The van der Waals surface area contributed by atoms with E-state index in [9.17, 15) is 0 Å².